The van der Waals surface area contributed by atoms with Crippen LogP contribution in [0.5, 0.6) is 0 Å². The summed E-state index contributed by atoms with van der Waals surface area (Å²) in [7, 11) is 1.45. The Morgan fingerprint density at radius 3 is 3.21 bits per heavy atom. The molecule has 0 aromatic heterocycles. The number of esters is 1. The first-order chi connectivity index (χ1) is 6.81. The van der Waals surface area contributed by atoms with Gasteiger partial charge in [0.2, 0.25) is 0 Å². The molecule has 1 N–H and O–H groups in total. The molecule has 2 fully saturated rings. The third-order valence-electron chi connectivity index (χ3n) is 3.22. The van der Waals surface area contributed by atoms with Crippen molar-refractivity contribution < 1.29 is 14.3 Å². The van der Waals surface area contributed by atoms with Crippen LogP contribution in [-0.4, -0.2) is 38.9 Å². The third kappa shape index (κ3) is 1.91. The molecule has 0 radical (unpaired) electrons. The highest BCUT2D eigenvalue weighted by molar-refractivity contribution is 5.72. The van der Waals surface area contributed by atoms with Crippen molar-refractivity contribution in [1.29, 1.82) is 0 Å². The SMILES string of the molecule is COC(=O)[C@H]1CN[C@@H]2CCOC[C@H]2C1. The van der Waals surface area contributed by atoms with Crippen LogP contribution in [-0.2, 0) is 14.3 Å². The summed E-state index contributed by atoms with van der Waals surface area (Å²) in [5.74, 6) is 0.408. The summed E-state index contributed by atoms with van der Waals surface area (Å²) < 4.78 is 10.2. The minimum atomic E-state index is -0.0958. The number of fused-ring (bicyclic) bond motifs is 1. The van der Waals surface area contributed by atoms with Crippen LogP contribution in [0.25, 0.3) is 0 Å². The standard InChI is InChI=1S/C10H17NO3/c1-13-10(12)7-4-8-6-14-3-2-9(8)11-5-7/h7-9,11H,2-6H2,1H3/t7-,8-,9-/m1/s1. The lowest BCUT2D eigenvalue weighted by Crippen LogP contribution is -2.51. The van der Waals surface area contributed by atoms with E-state index in [9.17, 15) is 4.79 Å². The highest BCUT2D eigenvalue weighted by Gasteiger charge is 2.35. The third-order valence-corrected chi connectivity index (χ3v) is 3.22. The van der Waals surface area contributed by atoms with E-state index in [-0.39, 0.29) is 11.9 Å². The molecule has 0 aromatic rings. The molecule has 0 aromatic carbocycles. The van der Waals surface area contributed by atoms with Gasteiger partial charge in [0.1, 0.15) is 0 Å². The molecule has 4 nitrogen and oxygen atoms in total. The van der Waals surface area contributed by atoms with E-state index < -0.39 is 0 Å². The van der Waals surface area contributed by atoms with Crippen molar-refractivity contribution in [2.24, 2.45) is 11.8 Å². The van der Waals surface area contributed by atoms with Crippen molar-refractivity contribution in [3.63, 3.8) is 0 Å². The van der Waals surface area contributed by atoms with E-state index >= 15 is 0 Å². The number of nitrogens with one attached hydrogen (secondary N) is 1. The Morgan fingerprint density at radius 2 is 2.43 bits per heavy atom. The molecule has 0 unspecified atom stereocenters. The summed E-state index contributed by atoms with van der Waals surface area (Å²) in [6.07, 6.45) is 1.98. The topological polar surface area (TPSA) is 47.6 Å². The molecule has 0 spiro atoms. The lowest BCUT2D eigenvalue weighted by molar-refractivity contribution is -0.147. The van der Waals surface area contributed by atoms with Gasteiger partial charge < -0.3 is 14.8 Å². The molecule has 2 heterocycles. The maximum absolute atomic E-state index is 11.3. The molecule has 2 rings (SSSR count). The molecule has 2 saturated heterocycles. The number of carbonyl (C=O) groups is 1. The van der Waals surface area contributed by atoms with E-state index in [1.165, 1.54) is 7.11 Å². The van der Waals surface area contributed by atoms with Gasteiger partial charge in [-0.25, -0.2) is 0 Å². The lowest BCUT2D eigenvalue weighted by Gasteiger charge is -2.38. The normalized spacial score (nSPS) is 37.4. The number of hydrogen-bond acceptors (Lipinski definition) is 4. The zero-order valence-electron chi connectivity index (χ0n) is 8.49. The van der Waals surface area contributed by atoms with Crippen LogP contribution in [0.1, 0.15) is 12.8 Å². The fraction of sp³-hybridized carbons (Fsp3) is 0.900. The summed E-state index contributed by atoms with van der Waals surface area (Å²) in [5.41, 5.74) is 0. The van der Waals surface area contributed by atoms with E-state index in [4.69, 9.17) is 9.47 Å². The molecule has 0 bridgehead atoms. The highest BCUT2D eigenvalue weighted by Crippen LogP contribution is 2.26. The first-order valence-corrected chi connectivity index (χ1v) is 5.20. The Bertz CT molecular complexity index is 219. The van der Waals surface area contributed by atoms with Crippen molar-refractivity contribution >= 4 is 5.97 Å². The Kier molecular flexibility index (Phi) is 3.03. The van der Waals surface area contributed by atoms with Crippen LogP contribution in [0.15, 0.2) is 0 Å². The van der Waals surface area contributed by atoms with E-state index in [2.05, 4.69) is 5.32 Å². The van der Waals surface area contributed by atoms with Gasteiger partial charge in [-0.2, -0.15) is 0 Å². The van der Waals surface area contributed by atoms with Crippen LogP contribution in [0, 0.1) is 11.8 Å². The summed E-state index contributed by atoms with van der Waals surface area (Å²) in [5, 5.41) is 3.41. The van der Waals surface area contributed by atoms with Crippen molar-refractivity contribution in [2.75, 3.05) is 26.9 Å². The van der Waals surface area contributed by atoms with Crippen LogP contribution >= 0.6 is 0 Å². The maximum Gasteiger partial charge on any atom is 0.309 e. The predicted molar refractivity (Wildman–Crippen MR) is 50.8 cm³/mol. The zero-order valence-corrected chi connectivity index (χ0v) is 8.49. The molecule has 0 saturated carbocycles. The van der Waals surface area contributed by atoms with Crippen molar-refractivity contribution in [1.82, 2.24) is 5.32 Å². The second kappa shape index (κ2) is 4.28. The van der Waals surface area contributed by atoms with Crippen LogP contribution in [0.4, 0.5) is 0 Å². The predicted octanol–water partition coefficient (Wildman–Crippen LogP) is 0.174. The number of methoxy groups -OCH3 is 1. The van der Waals surface area contributed by atoms with Crippen molar-refractivity contribution in [3.8, 4) is 0 Å². The van der Waals surface area contributed by atoms with Gasteiger partial charge in [0.25, 0.3) is 0 Å². The fourth-order valence-electron chi connectivity index (χ4n) is 2.39. The van der Waals surface area contributed by atoms with E-state index in [0.29, 0.717) is 12.0 Å². The quantitative estimate of drug-likeness (QED) is 0.612. The smallest absolute Gasteiger partial charge is 0.309 e. The monoisotopic (exact) mass is 199 g/mol. The second-order valence-electron chi connectivity index (χ2n) is 4.09. The number of carbonyl (C=O) groups excluding carboxylic acids is 1. The van der Waals surface area contributed by atoms with Gasteiger partial charge in [-0.1, -0.05) is 0 Å². The molecular formula is C10H17NO3. The Balaban J connectivity index is 1.92. The first kappa shape index (κ1) is 9.93. The van der Waals surface area contributed by atoms with E-state index in [1.807, 2.05) is 0 Å². The molecular weight excluding hydrogens is 182 g/mol. The maximum atomic E-state index is 11.3. The van der Waals surface area contributed by atoms with Gasteiger partial charge in [-0.15, -0.1) is 0 Å². The van der Waals surface area contributed by atoms with Crippen LogP contribution in [0.3, 0.4) is 0 Å². The van der Waals surface area contributed by atoms with E-state index in [1.54, 1.807) is 0 Å². The summed E-state index contributed by atoms with van der Waals surface area (Å²) in [6, 6.07) is 0.546. The van der Waals surface area contributed by atoms with Crippen LogP contribution in [0.2, 0.25) is 0 Å². The fourth-order valence-corrected chi connectivity index (χ4v) is 2.39. The van der Waals surface area contributed by atoms with Crippen LogP contribution < -0.4 is 5.32 Å². The minimum Gasteiger partial charge on any atom is -0.469 e. The van der Waals surface area contributed by atoms with Gasteiger partial charge in [0, 0.05) is 19.2 Å². The first-order valence-electron chi connectivity index (χ1n) is 5.20. The molecule has 3 atom stereocenters. The average Bonchev–Trinajstić information content (AvgIpc) is 2.27. The second-order valence-corrected chi connectivity index (χ2v) is 4.09. The summed E-state index contributed by atoms with van der Waals surface area (Å²) in [6.45, 7) is 2.38. The largest absolute Gasteiger partial charge is 0.469 e. The lowest BCUT2D eigenvalue weighted by atomic mass is 9.83. The number of ether oxygens (including phenoxy) is 2. The van der Waals surface area contributed by atoms with Gasteiger partial charge >= 0.3 is 5.97 Å². The molecule has 14 heavy (non-hydrogen) atoms. The summed E-state index contributed by atoms with van der Waals surface area (Å²) >= 11 is 0. The summed E-state index contributed by atoms with van der Waals surface area (Å²) in [4.78, 5) is 11.3. The van der Waals surface area contributed by atoms with Gasteiger partial charge in [-0.3, -0.25) is 4.79 Å². The Labute approximate surface area is 84.0 Å². The number of piperidine rings is 1. The number of rotatable bonds is 1. The highest BCUT2D eigenvalue weighted by atomic mass is 16.5. The molecule has 80 valence electrons. The molecule has 2 aliphatic heterocycles. The van der Waals surface area contributed by atoms with Crippen molar-refractivity contribution in [2.45, 2.75) is 18.9 Å². The Hall–Kier alpha value is -0.610. The molecule has 0 amide bonds. The minimum absolute atomic E-state index is 0.0166. The van der Waals surface area contributed by atoms with Gasteiger partial charge in [0.05, 0.1) is 19.6 Å². The Morgan fingerprint density at radius 1 is 1.57 bits per heavy atom. The zero-order chi connectivity index (χ0) is 9.97. The van der Waals surface area contributed by atoms with Gasteiger partial charge in [-0.05, 0) is 18.8 Å². The van der Waals surface area contributed by atoms with E-state index in [0.717, 1.165) is 32.6 Å². The molecule has 2 aliphatic rings. The van der Waals surface area contributed by atoms with Crippen molar-refractivity contribution in [3.05, 3.63) is 0 Å². The number of hydrogen-bond donors (Lipinski definition) is 1. The molecule has 0 aliphatic carbocycles. The molecule has 4 heteroatoms. The van der Waals surface area contributed by atoms with Gasteiger partial charge in [0.15, 0.2) is 0 Å². The average molecular weight is 199 g/mol.